The van der Waals surface area contributed by atoms with Crippen molar-refractivity contribution in [3.63, 3.8) is 0 Å². The molecular formula is C24H27ClN2O3. The quantitative estimate of drug-likeness (QED) is 0.404. The molecule has 2 aromatic rings. The molecule has 3 rings (SSSR count). The lowest BCUT2D eigenvalue weighted by Gasteiger charge is -2.28. The lowest BCUT2D eigenvalue weighted by molar-refractivity contribution is -0.140. The molecule has 0 bridgehead atoms. The van der Waals surface area contributed by atoms with Crippen LogP contribution in [0.1, 0.15) is 36.6 Å². The van der Waals surface area contributed by atoms with Crippen LogP contribution in [0.2, 0.25) is 5.02 Å². The summed E-state index contributed by atoms with van der Waals surface area (Å²) in [6.07, 6.45) is 0. The minimum absolute atomic E-state index is 0.116. The third-order valence-electron chi connectivity index (χ3n) is 5.60. The summed E-state index contributed by atoms with van der Waals surface area (Å²) >= 11 is 5.96. The highest BCUT2D eigenvalue weighted by atomic mass is 35.5. The van der Waals surface area contributed by atoms with Crippen LogP contribution in [0.15, 0.2) is 54.1 Å². The first-order valence-corrected chi connectivity index (χ1v) is 10.6. The fourth-order valence-corrected chi connectivity index (χ4v) is 3.88. The molecule has 1 amide bonds. The van der Waals surface area contributed by atoms with Crippen LogP contribution in [-0.4, -0.2) is 52.8 Å². The van der Waals surface area contributed by atoms with Crippen molar-refractivity contribution in [1.29, 1.82) is 0 Å². The number of likely N-dealkylation sites (N-methyl/N-ethyl adjacent to an activating group) is 1. The minimum Gasteiger partial charge on any atom is -0.507 e. The molecule has 30 heavy (non-hydrogen) atoms. The molecule has 158 valence electrons. The Labute approximate surface area is 182 Å². The van der Waals surface area contributed by atoms with E-state index in [-0.39, 0.29) is 11.3 Å². The summed E-state index contributed by atoms with van der Waals surface area (Å²) in [6.45, 7) is 8.90. The van der Waals surface area contributed by atoms with E-state index in [4.69, 9.17) is 11.6 Å². The summed E-state index contributed by atoms with van der Waals surface area (Å²) in [5, 5.41) is 11.5. The zero-order chi connectivity index (χ0) is 21.8. The highest BCUT2D eigenvalue weighted by Gasteiger charge is 2.45. The number of hydrogen-bond donors (Lipinski definition) is 1. The molecule has 0 spiro atoms. The van der Waals surface area contributed by atoms with E-state index < -0.39 is 17.7 Å². The maximum Gasteiger partial charge on any atom is 0.295 e. The van der Waals surface area contributed by atoms with Crippen LogP contribution in [0.3, 0.4) is 0 Å². The molecule has 1 atom stereocenters. The summed E-state index contributed by atoms with van der Waals surface area (Å²) in [6, 6.07) is 13.7. The second kappa shape index (κ2) is 9.45. The Hall–Kier alpha value is -2.63. The van der Waals surface area contributed by atoms with Gasteiger partial charge in [0, 0.05) is 23.7 Å². The third kappa shape index (κ3) is 4.42. The van der Waals surface area contributed by atoms with Gasteiger partial charge in [0.2, 0.25) is 0 Å². The van der Waals surface area contributed by atoms with Crippen molar-refractivity contribution in [2.24, 2.45) is 0 Å². The summed E-state index contributed by atoms with van der Waals surface area (Å²) in [5.74, 6) is -1.42. The number of Topliss-reactive ketones (excluding diaryl/α,β-unsaturated/α-hetero) is 1. The Morgan fingerprint density at radius 1 is 1.03 bits per heavy atom. The summed E-state index contributed by atoms with van der Waals surface area (Å²) in [7, 11) is 0. The van der Waals surface area contributed by atoms with Crippen molar-refractivity contribution in [2.45, 2.75) is 26.8 Å². The molecule has 1 unspecified atom stereocenters. The summed E-state index contributed by atoms with van der Waals surface area (Å²) < 4.78 is 0. The van der Waals surface area contributed by atoms with Gasteiger partial charge in [-0.3, -0.25) is 9.59 Å². The van der Waals surface area contributed by atoms with Crippen LogP contribution in [0, 0.1) is 6.92 Å². The van der Waals surface area contributed by atoms with Crippen molar-refractivity contribution < 1.29 is 14.7 Å². The molecule has 1 aliphatic rings. The highest BCUT2D eigenvalue weighted by Crippen LogP contribution is 2.39. The molecule has 6 heteroatoms. The Morgan fingerprint density at radius 3 is 2.20 bits per heavy atom. The van der Waals surface area contributed by atoms with Gasteiger partial charge < -0.3 is 14.9 Å². The van der Waals surface area contributed by atoms with Gasteiger partial charge >= 0.3 is 0 Å². The number of ketones is 1. The van der Waals surface area contributed by atoms with Gasteiger partial charge in [-0.2, -0.15) is 0 Å². The number of nitrogens with zero attached hydrogens (tertiary/aromatic N) is 2. The summed E-state index contributed by atoms with van der Waals surface area (Å²) in [5.41, 5.74) is 2.45. The van der Waals surface area contributed by atoms with Crippen LogP contribution < -0.4 is 0 Å². The largest absolute Gasteiger partial charge is 0.507 e. The Bertz CT molecular complexity index is 947. The molecule has 1 fully saturated rings. The smallest absolute Gasteiger partial charge is 0.295 e. The first kappa shape index (κ1) is 22.1. The number of rotatable bonds is 7. The average molecular weight is 427 g/mol. The molecule has 5 nitrogen and oxygen atoms in total. The molecule has 1 N–H and O–H groups in total. The van der Waals surface area contributed by atoms with Gasteiger partial charge in [0.25, 0.3) is 11.7 Å². The van der Waals surface area contributed by atoms with E-state index in [0.717, 1.165) is 24.2 Å². The van der Waals surface area contributed by atoms with E-state index in [0.29, 0.717) is 23.7 Å². The van der Waals surface area contributed by atoms with Crippen molar-refractivity contribution in [3.05, 3.63) is 75.8 Å². The number of aliphatic hydroxyl groups excluding tert-OH is 1. The number of benzene rings is 2. The number of aryl methyl sites for hydroxylation is 1. The van der Waals surface area contributed by atoms with E-state index in [2.05, 4.69) is 18.7 Å². The van der Waals surface area contributed by atoms with Crippen LogP contribution in [-0.2, 0) is 9.59 Å². The van der Waals surface area contributed by atoms with E-state index >= 15 is 0 Å². The zero-order valence-corrected chi connectivity index (χ0v) is 18.3. The third-order valence-corrected chi connectivity index (χ3v) is 5.85. The number of amides is 1. The number of carbonyl (C=O) groups is 2. The first-order valence-electron chi connectivity index (χ1n) is 10.2. The molecule has 0 aliphatic carbocycles. The standard InChI is InChI=1S/C24H27ClN2O3/c1-4-26(5-2)14-15-27-21(17-8-6-16(3)7-9-17)20(23(29)24(27)30)22(28)18-10-12-19(25)13-11-18/h6-13,21,28H,4-5,14-15H2,1-3H3/b22-20-. The predicted molar refractivity (Wildman–Crippen MR) is 119 cm³/mol. The van der Waals surface area contributed by atoms with Crippen molar-refractivity contribution in [2.75, 3.05) is 26.2 Å². The van der Waals surface area contributed by atoms with Gasteiger partial charge in [0.15, 0.2) is 0 Å². The topological polar surface area (TPSA) is 60.9 Å². The minimum atomic E-state index is -0.660. The summed E-state index contributed by atoms with van der Waals surface area (Å²) in [4.78, 5) is 29.7. The Balaban J connectivity index is 2.08. The van der Waals surface area contributed by atoms with Crippen LogP contribution in [0.5, 0.6) is 0 Å². The maximum atomic E-state index is 13.0. The second-order valence-corrected chi connectivity index (χ2v) is 7.87. The van der Waals surface area contributed by atoms with Gasteiger partial charge in [0.05, 0.1) is 11.6 Å². The average Bonchev–Trinajstić information content (AvgIpc) is 3.00. The molecule has 0 saturated carbocycles. The van der Waals surface area contributed by atoms with E-state index in [1.54, 1.807) is 29.2 Å². The molecule has 1 saturated heterocycles. The first-order chi connectivity index (χ1) is 14.4. The maximum absolute atomic E-state index is 13.0. The van der Waals surface area contributed by atoms with Gasteiger partial charge in [-0.05, 0) is 49.8 Å². The normalized spacial score (nSPS) is 18.4. The van der Waals surface area contributed by atoms with Gasteiger partial charge in [-0.15, -0.1) is 0 Å². The Kier molecular flexibility index (Phi) is 6.95. The monoisotopic (exact) mass is 426 g/mol. The fourth-order valence-electron chi connectivity index (χ4n) is 3.76. The SMILES string of the molecule is CCN(CC)CCN1C(=O)C(=O)/C(=C(\O)c2ccc(Cl)cc2)C1c1ccc(C)cc1. The van der Waals surface area contributed by atoms with E-state index in [1.165, 1.54) is 0 Å². The molecule has 1 aliphatic heterocycles. The lowest BCUT2D eigenvalue weighted by Crippen LogP contribution is -2.38. The van der Waals surface area contributed by atoms with Crippen molar-refractivity contribution in [1.82, 2.24) is 9.80 Å². The molecule has 1 heterocycles. The van der Waals surface area contributed by atoms with Crippen molar-refractivity contribution >= 4 is 29.1 Å². The van der Waals surface area contributed by atoms with Crippen LogP contribution in [0.4, 0.5) is 0 Å². The number of likely N-dealkylation sites (tertiary alicyclic amines) is 1. The number of aliphatic hydroxyl groups is 1. The van der Waals surface area contributed by atoms with Gasteiger partial charge in [-0.1, -0.05) is 55.3 Å². The van der Waals surface area contributed by atoms with Gasteiger partial charge in [-0.25, -0.2) is 0 Å². The molecular weight excluding hydrogens is 400 g/mol. The highest BCUT2D eigenvalue weighted by molar-refractivity contribution is 6.46. The van der Waals surface area contributed by atoms with Crippen LogP contribution >= 0.6 is 11.6 Å². The number of hydrogen-bond acceptors (Lipinski definition) is 4. The molecule has 0 radical (unpaired) electrons. The number of carbonyl (C=O) groups excluding carboxylic acids is 2. The molecule has 0 aromatic heterocycles. The number of halogens is 1. The second-order valence-electron chi connectivity index (χ2n) is 7.44. The molecule has 2 aromatic carbocycles. The Morgan fingerprint density at radius 2 is 1.63 bits per heavy atom. The van der Waals surface area contributed by atoms with Gasteiger partial charge in [0.1, 0.15) is 5.76 Å². The van der Waals surface area contributed by atoms with Crippen molar-refractivity contribution in [3.8, 4) is 0 Å². The zero-order valence-electron chi connectivity index (χ0n) is 17.6. The lowest BCUT2D eigenvalue weighted by atomic mass is 9.95. The van der Waals surface area contributed by atoms with E-state index in [9.17, 15) is 14.7 Å². The van der Waals surface area contributed by atoms with Crippen LogP contribution in [0.25, 0.3) is 5.76 Å². The predicted octanol–water partition coefficient (Wildman–Crippen LogP) is 4.41. The fraction of sp³-hybridized carbons (Fsp3) is 0.333. The van der Waals surface area contributed by atoms with E-state index in [1.807, 2.05) is 31.2 Å².